The molecule has 3 rings (SSSR count). The third-order valence-electron chi connectivity index (χ3n) is 4.00. The van der Waals surface area contributed by atoms with Gasteiger partial charge in [0.05, 0.1) is 6.54 Å². The van der Waals surface area contributed by atoms with Crippen LogP contribution < -0.4 is 10.6 Å². The summed E-state index contributed by atoms with van der Waals surface area (Å²) in [7, 11) is 0. The fourth-order valence-corrected chi connectivity index (χ4v) is 2.79. The number of carbonyl (C=O) groups is 2. The van der Waals surface area contributed by atoms with Crippen molar-refractivity contribution in [3.05, 3.63) is 41.7 Å². The summed E-state index contributed by atoms with van der Waals surface area (Å²) in [6.07, 6.45) is 2.72. The highest BCUT2D eigenvalue weighted by atomic mass is 19.1. The lowest BCUT2D eigenvalue weighted by Gasteiger charge is -2.32. The summed E-state index contributed by atoms with van der Waals surface area (Å²) in [5.74, 6) is -0.461. The minimum atomic E-state index is -0.484. The summed E-state index contributed by atoms with van der Waals surface area (Å²) < 4.78 is 12.9. The molecule has 2 heterocycles. The Balaban J connectivity index is 1.64. The molecule has 5 nitrogen and oxygen atoms in total. The van der Waals surface area contributed by atoms with Crippen molar-refractivity contribution >= 4 is 17.4 Å². The SMILES string of the molecule is O=C1CNC[C@H](C(=O)N2CC=C(c3ccc(F)cc3)CC2)N1. The van der Waals surface area contributed by atoms with Gasteiger partial charge in [0.25, 0.3) is 0 Å². The van der Waals surface area contributed by atoms with Crippen LogP contribution in [0.25, 0.3) is 5.57 Å². The van der Waals surface area contributed by atoms with Crippen LogP contribution in [0.1, 0.15) is 12.0 Å². The average molecular weight is 303 g/mol. The molecular weight excluding hydrogens is 285 g/mol. The Hall–Kier alpha value is -2.21. The number of benzene rings is 1. The summed E-state index contributed by atoms with van der Waals surface area (Å²) >= 11 is 0. The topological polar surface area (TPSA) is 61.4 Å². The van der Waals surface area contributed by atoms with Crippen LogP contribution in [0.2, 0.25) is 0 Å². The summed E-state index contributed by atoms with van der Waals surface area (Å²) in [6.45, 7) is 1.85. The maximum absolute atomic E-state index is 12.9. The fourth-order valence-electron chi connectivity index (χ4n) is 2.79. The first kappa shape index (κ1) is 14.7. The van der Waals surface area contributed by atoms with Crippen LogP contribution in [0, 0.1) is 5.82 Å². The second-order valence-electron chi connectivity index (χ2n) is 5.52. The maximum Gasteiger partial charge on any atom is 0.246 e. The maximum atomic E-state index is 12.9. The smallest absolute Gasteiger partial charge is 0.246 e. The van der Waals surface area contributed by atoms with Crippen molar-refractivity contribution in [1.82, 2.24) is 15.5 Å². The summed E-state index contributed by atoms with van der Waals surface area (Å²) in [4.78, 5) is 25.5. The zero-order chi connectivity index (χ0) is 15.5. The predicted molar refractivity (Wildman–Crippen MR) is 80.4 cm³/mol. The van der Waals surface area contributed by atoms with Gasteiger partial charge in [0.1, 0.15) is 11.9 Å². The van der Waals surface area contributed by atoms with E-state index in [-0.39, 0.29) is 24.2 Å². The summed E-state index contributed by atoms with van der Waals surface area (Å²) in [6, 6.07) is 5.91. The quantitative estimate of drug-likeness (QED) is 0.838. The second-order valence-corrected chi connectivity index (χ2v) is 5.52. The van der Waals surface area contributed by atoms with E-state index in [1.54, 1.807) is 17.0 Å². The van der Waals surface area contributed by atoms with Gasteiger partial charge in [-0.15, -0.1) is 0 Å². The highest BCUT2D eigenvalue weighted by molar-refractivity contribution is 5.90. The van der Waals surface area contributed by atoms with E-state index in [1.807, 2.05) is 6.08 Å². The van der Waals surface area contributed by atoms with Gasteiger partial charge < -0.3 is 15.5 Å². The molecule has 1 saturated heterocycles. The van der Waals surface area contributed by atoms with Crippen LogP contribution in [0.4, 0.5) is 4.39 Å². The number of amides is 2. The molecule has 2 aliphatic rings. The van der Waals surface area contributed by atoms with Crippen molar-refractivity contribution in [2.75, 3.05) is 26.2 Å². The minimum Gasteiger partial charge on any atom is -0.342 e. The van der Waals surface area contributed by atoms with Crippen LogP contribution in [0.15, 0.2) is 30.3 Å². The Bertz CT molecular complexity index is 612. The number of nitrogens with one attached hydrogen (secondary N) is 2. The number of hydrogen-bond donors (Lipinski definition) is 2. The first-order chi connectivity index (χ1) is 10.6. The van der Waals surface area contributed by atoms with E-state index in [9.17, 15) is 14.0 Å². The van der Waals surface area contributed by atoms with Crippen LogP contribution in [-0.4, -0.2) is 48.9 Å². The molecule has 0 spiro atoms. The van der Waals surface area contributed by atoms with Crippen molar-refractivity contribution in [2.24, 2.45) is 0 Å². The molecule has 116 valence electrons. The highest BCUT2D eigenvalue weighted by Gasteiger charge is 2.29. The molecule has 22 heavy (non-hydrogen) atoms. The number of piperazine rings is 1. The molecule has 2 aliphatic heterocycles. The van der Waals surface area contributed by atoms with E-state index in [0.717, 1.165) is 17.6 Å². The molecule has 0 saturated carbocycles. The molecule has 6 heteroatoms. The van der Waals surface area contributed by atoms with E-state index < -0.39 is 6.04 Å². The molecular formula is C16H18FN3O2. The lowest BCUT2D eigenvalue weighted by atomic mass is 9.99. The van der Waals surface area contributed by atoms with Crippen molar-refractivity contribution in [3.8, 4) is 0 Å². The van der Waals surface area contributed by atoms with E-state index in [0.29, 0.717) is 19.6 Å². The second kappa shape index (κ2) is 6.27. The van der Waals surface area contributed by atoms with Crippen molar-refractivity contribution < 1.29 is 14.0 Å². The Kier molecular flexibility index (Phi) is 4.20. The molecule has 0 radical (unpaired) electrons. The molecule has 1 fully saturated rings. The Morgan fingerprint density at radius 3 is 2.68 bits per heavy atom. The van der Waals surface area contributed by atoms with Gasteiger partial charge >= 0.3 is 0 Å². The number of rotatable bonds is 2. The minimum absolute atomic E-state index is 0.0602. The van der Waals surface area contributed by atoms with Gasteiger partial charge in [0.15, 0.2) is 0 Å². The Labute approximate surface area is 128 Å². The molecule has 0 bridgehead atoms. The van der Waals surface area contributed by atoms with E-state index in [2.05, 4.69) is 10.6 Å². The molecule has 2 amide bonds. The van der Waals surface area contributed by atoms with Gasteiger partial charge in [-0.05, 0) is 29.7 Å². The van der Waals surface area contributed by atoms with Crippen LogP contribution in [-0.2, 0) is 9.59 Å². The first-order valence-electron chi connectivity index (χ1n) is 7.37. The van der Waals surface area contributed by atoms with Crippen LogP contribution in [0.3, 0.4) is 0 Å². The third-order valence-corrected chi connectivity index (χ3v) is 4.00. The van der Waals surface area contributed by atoms with Crippen molar-refractivity contribution in [1.29, 1.82) is 0 Å². The Morgan fingerprint density at radius 1 is 1.27 bits per heavy atom. The van der Waals surface area contributed by atoms with E-state index in [4.69, 9.17) is 0 Å². The van der Waals surface area contributed by atoms with Gasteiger partial charge in [-0.25, -0.2) is 4.39 Å². The third kappa shape index (κ3) is 3.17. The predicted octanol–water partition coefficient (Wildman–Crippen LogP) is 0.529. The van der Waals surface area contributed by atoms with Gasteiger partial charge in [-0.2, -0.15) is 0 Å². The van der Waals surface area contributed by atoms with E-state index >= 15 is 0 Å². The molecule has 1 atom stereocenters. The molecule has 1 aromatic rings. The van der Waals surface area contributed by atoms with Gasteiger partial charge in [-0.1, -0.05) is 18.2 Å². The lowest BCUT2D eigenvalue weighted by molar-refractivity contribution is -0.137. The number of halogens is 1. The van der Waals surface area contributed by atoms with Crippen molar-refractivity contribution in [3.63, 3.8) is 0 Å². The zero-order valence-corrected chi connectivity index (χ0v) is 12.1. The molecule has 1 aromatic carbocycles. The van der Waals surface area contributed by atoms with Crippen molar-refractivity contribution in [2.45, 2.75) is 12.5 Å². The lowest BCUT2D eigenvalue weighted by Crippen LogP contribution is -2.59. The molecule has 0 unspecified atom stereocenters. The normalized spacial score (nSPS) is 22.0. The summed E-state index contributed by atoms with van der Waals surface area (Å²) in [5, 5.41) is 5.64. The fraction of sp³-hybridized carbons (Fsp3) is 0.375. The van der Waals surface area contributed by atoms with E-state index in [1.165, 1.54) is 12.1 Å². The number of carbonyl (C=O) groups excluding carboxylic acids is 2. The first-order valence-corrected chi connectivity index (χ1v) is 7.37. The zero-order valence-electron chi connectivity index (χ0n) is 12.1. The number of nitrogens with zero attached hydrogens (tertiary/aromatic N) is 1. The molecule has 0 aromatic heterocycles. The summed E-state index contributed by atoms with van der Waals surface area (Å²) in [5.41, 5.74) is 2.11. The average Bonchev–Trinajstić information content (AvgIpc) is 2.55. The van der Waals surface area contributed by atoms with Gasteiger partial charge in [0, 0.05) is 19.6 Å². The molecule has 2 N–H and O–H groups in total. The standard InChI is InChI=1S/C16H18FN3O2/c17-13-3-1-11(2-4-13)12-5-7-20(8-6-12)16(22)14-9-18-10-15(21)19-14/h1-5,14,18H,6-10H2,(H,19,21)/t14-/m1/s1. The van der Waals surface area contributed by atoms with Crippen LogP contribution >= 0.6 is 0 Å². The Morgan fingerprint density at radius 2 is 2.05 bits per heavy atom. The largest absolute Gasteiger partial charge is 0.342 e. The highest BCUT2D eigenvalue weighted by Crippen LogP contribution is 2.22. The van der Waals surface area contributed by atoms with Crippen LogP contribution in [0.5, 0.6) is 0 Å². The van der Waals surface area contributed by atoms with Gasteiger partial charge in [0.2, 0.25) is 11.8 Å². The van der Waals surface area contributed by atoms with Gasteiger partial charge in [-0.3, -0.25) is 9.59 Å². The number of hydrogen-bond acceptors (Lipinski definition) is 3. The molecule has 0 aliphatic carbocycles. The monoisotopic (exact) mass is 303 g/mol.